The Balaban J connectivity index is 2.37. The molecule has 2 heterocycles. The zero-order valence-corrected chi connectivity index (χ0v) is 11.1. The zero-order valence-electron chi connectivity index (χ0n) is 10.2. The highest BCUT2D eigenvalue weighted by molar-refractivity contribution is 7.71. The van der Waals surface area contributed by atoms with Gasteiger partial charge in [0.05, 0.1) is 5.69 Å². The monoisotopic (exact) mass is 255 g/mol. The Labute approximate surface area is 110 Å². The van der Waals surface area contributed by atoms with Crippen molar-refractivity contribution in [1.82, 2.24) is 15.0 Å². The Morgan fingerprint density at radius 1 is 1.11 bits per heavy atom. The first kappa shape index (κ1) is 11.2. The van der Waals surface area contributed by atoms with Gasteiger partial charge in [-0.1, -0.05) is 18.2 Å². The lowest BCUT2D eigenvalue weighted by Gasteiger charge is -2.02. The summed E-state index contributed by atoms with van der Waals surface area (Å²) in [6.45, 7) is 4.05. The van der Waals surface area contributed by atoms with Gasteiger partial charge in [-0.05, 0) is 38.2 Å². The second kappa shape index (κ2) is 4.07. The van der Waals surface area contributed by atoms with Crippen LogP contribution in [-0.2, 0) is 0 Å². The first-order valence-corrected chi connectivity index (χ1v) is 6.21. The molecule has 0 bridgehead atoms. The summed E-state index contributed by atoms with van der Waals surface area (Å²) >= 11 is 5.15. The molecular weight excluding hydrogens is 242 g/mol. The van der Waals surface area contributed by atoms with Gasteiger partial charge in [-0.15, -0.1) is 0 Å². The maximum Gasteiger partial charge on any atom is 0.197 e. The van der Waals surface area contributed by atoms with Crippen molar-refractivity contribution in [3.8, 4) is 11.3 Å². The quantitative estimate of drug-likeness (QED) is 0.648. The van der Waals surface area contributed by atoms with Gasteiger partial charge in [0.1, 0.15) is 0 Å². The highest BCUT2D eigenvalue weighted by atomic mass is 32.1. The number of benzene rings is 1. The lowest BCUT2D eigenvalue weighted by atomic mass is 10.1. The molecule has 4 heteroatoms. The van der Waals surface area contributed by atoms with Crippen LogP contribution in [0.3, 0.4) is 0 Å². The minimum absolute atomic E-state index is 0.523. The van der Waals surface area contributed by atoms with Gasteiger partial charge in [-0.25, -0.2) is 4.98 Å². The van der Waals surface area contributed by atoms with E-state index in [1.165, 1.54) is 5.39 Å². The second-order valence-electron chi connectivity index (χ2n) is 4.43. The number of H-pyrrole nitrogens is 2. The van der Waals surface area contributed by atoms with E-state index in [1.807, 2.05) is 25.1 Å². The van der Waals surface area contributed by atoms with E-state index in [2.05, 4.69) is 34.0 Å². The Morgan fingerprint density at radius 2 is 1.89 bits per heavy atom. The lowest BCUT2D eigenvalue weighted by molar-refractivity contribution is 1.08. The Morgan fingerprint density at radius 3 is 2.67 bits per heavy atom. The van der Waals surface area contributed by atoms with Gasteiger partial charge >= 0.3 is 0 Å². The van der Waals surface area contributed by atoms with Crippen molar-refractivity contribution in [2.24, 2.45) is 0 Å². The summed E-state index contributed by atoms with van der Waals surface area (Å²) in [5, 5.41) is 1.18. The van der Waals surface area contributed by atoms with Crippen LogP contribution in [0.15, 0.2) is 30.3 Å². The van der Waals surface area contributed by atoms with Crippen LogP contribution < -0.4 is 0 Å². The predicted molar refractivity (Wildman–Crippen MR) is 76.2 cm³/mol. The molecule has 0 spiro atoms. The molecule has 0 fully saturated rings. The van der Waals surface area contributed by atoms with E-state index in [0.717, 1.165) is 28.2 Å². The number of para-hydroxylation sites is 1. The first-order chi connectivity index (χ1) is 8.65. The van der Waals surface area contributed by atoms with Crippen molar-refractivity contribution in [1.29, 1.82) is 0 Å². The van der Waals surface area contributed by atoms with E-state index in [1.54, 1.807) is 0 Å². The van der Waals surface area contributed by atoms with E-state index >= 15 is 0 Å². The number of aromatic nitrogens is 3. The fraction of sp³-hybridized carbons (Fsp3) is 0.143. The van der Waals surface area contributed by atoms with Crippen LogP contribution in [0.5, 0.6) is 0 Å². The molecule has 3 nitrogen and oxygen atoms in total. The van der Waals surface area contributed by atoms with Crippen LogP contribution in [0.25, 0.3) is 22.2 Å². The van der Waals surface area contributed by atoms with Gasteiger partial charge in [0.2, 0.25) is 0 Å². The van der Waals surface area contributed by atoms with Crippen molar-refractivity contribution < 1.29 is 0 Å². The van der Waals surface area contributed by atoms with Crippen molar-refractivity contribution in [2.45, 2.75) is 13.8 Å². The SMILES string of the molecule is Cc1cc(-c2c(C)[nH]c3ccccc23)nc(=S)[nH]1. The van der Waals surface area contributed by atoms with Crippen LogP contribution in [-0.4, -0.2) is 15.0 Å². The number of rotatable bonds is 1. The highest BCUT2D eigenvalue weighted by Gasteiger charge is 2.11. The third-order valence-electron chi connectivity index (χ3n) is 3.03. The van der Waals surface area contributed by atoms with E-state index in [4.69, 9.17) is 12.2 Å². The molecule has 0 aliphatic rings. The van der Waals surface area contributed by atoms with E-state index < -0.39 is 0 Å². The second-order valence-corrected chi connectivity index (χ2v) is 4.81. The van der Waals surface area contributed by atoms with Crippen LogP contribution >= 0.6 is 12.2 Å². The number of aromatic amines is 2. The van der Waals surface area contributed by atoms with Gasteiger partial charge in [-0.3, -0.25) is 0 Å². The minimum Gasteiger partial charge on any atom is -0.358 e. The molecule has 2 N–H and O–H groups in total. The number of hydrogen-bond donors (Lipinski definition) is 2. The predicted octanol–water partition coefficient (Wildman–Crippen LogP) is 3.90. The highest BCUT2D eigenvalue weighted by Crippen LogP contribution is 2.30. The molecule has 0 saturated carbocycles. The van der Waals surface area contributed by atoms with E-state index in [9.17, 15) is 0 Å². The number of nitrogens with one attached hydrogen (secondary N) is 2. The van der Waals surface area contributed by atoms with Gasteiger partial charge in [0.15, 0.2) is 4.77 Å². The molecule has 1 aromatic carbocycles. The molecule has 0 amide bonds. The maximum atomic E-state index is 5.15. The molecule has 3 aromatic rings. The number of hydrogen-bond acceptors (Lipinski definition) is 2. The number of fused-ring (bicyclic) bond motifs is 1. The molecule has 90 valence electrons. The Kier molecular flexibility index (Phi) is 2.52. The number of nitrogens with zero attached hydrogens (tertiary/aromatic N) is 1. The molecule has 0 aliphatic heterocycles. The smallest absolute Gasteiger partial charge is 0.197 e. The van der Waals surface area contributed by atoms with Crippen molar-refractivity contribution in [3.05, 3.63) is 46.5 Å². The third-order valence-corrected chi connectivity index (χ3v) is 3.22. The molecule has 0 unspecified atom stereocenters. The molecule has 0 saturated heterocycles. The van der Waals surface area contributed by atoms with E-state index in [0.29, 0.717) is 4.77 Å². The molecule has 0 atom stereocenters. The molecule has 3 rings (SSSR count). The normalized spacial score (nSPS) is 11.0. The summed E-state index contributed by atoms with van der Waals surface area (Å²) in [6.07, 6.45) is 0. The third kappa shape index (κ3) is 1.75. The zero-order chi connectivity index (χ0) is 12.7. The Bertz CT molecular complexity index is 783. The Hall–Kier alpha value is -1.94. The summed E-state index contributed by atoms with van der Waals surface area (Å²) in [5.74, 6) is 0. The summed E-state index contributed by atoms with van der Waals surface area (Å²) in [5.41, 5.74) is 5.32. The van der Waals surface area contributed by atoms with E-state index in [-0.39, 0.29) is 0 Å². The standard InChI is InChI=1S/C14H13N3S/c1-8-7-12(17-14(18)15-8)13-9(2)16-11-6-4-3-5-10(11)13/h3-7,16H,1-2H3,(H,15,17,18). The first-order valence-electron chi connectivity index (χ1n) is 5.81. The fourth-order valence-electron chi connectivity index (χ4n) is 2.31. The largest absolute Gasteiger partial charge is 0.358 e. The van der Waals surface area contributed by atoms with Crippen molar-refractivity contribution in [2.75, 3.05) is 0 Å². The molecular formula is C14H13N3S. The van der Waals surface area contributed by atoms with Gasteiger partial charge in [0, 0.05) is 27.9 Å². The summed E-state index contributed by atoms with van der Waals surface area (Å²) in [6, 6.07) is 10.3. The molecule has 0 aliphatic carbocycles. The summed E-state index contributed by atoms with van der Waals surface area (Å²) < 4.78 is 0.523. The average molecular weight is 255 g/mol. The topological polar surface area (TPSA) is 44.5 Å². The van der Waals surface area contributed by atoms with Crippen molar-refractivity contribution >= 4 is 23.1 Å². The van der Waals surface area contributed by atoms with Crippen LogP contribution in [0.2, 0.25) is 0 Å². The fourth-order valence-corrected chi connectivity index (χ4v) is 2.57. The lowest BCUT2D eigenvalue weighted by Crippen LogP contribution is -1.91. The van der Waals surface area contributed by atoms with Crippen molar-refractivity contribution in [3.63, 3.8) is 0 Å². The maximum absolute atomic E-state index is 5.15. The van der Waals surface area contributed by atoms with Gasteiger partial charge in [0.25, 0.3) is 0 Å². The molecule has 0 radical (unpaired) electrons. The minimum atomic E-state index is 0.523. The summed E-state index contributed by atoms with van der Waals surface area (Å²) in [4.78, 5) is 10.8. The van der Waals surface area contributed by atoms with Crippen LogP contribution in [0.1, 0.15) is 11.4 Å². The average Bonchev–Trinajstić information content (AvgIpc) is 2.63. The number of aryl methyl sites for hydroxylation is 2. The molecule has 18 heavy (non-hydrogen) atoms. The van der Waals surface area contributed by atoms with Crippen LogP contribution in [0, 0.1) is 18.6 Å². The summed E-state index contributed by atoms with van der Waals surface area (Å²) in [7, 11) is 0. The van der Waals surface area contributed by atoms with Crippen LogP contribution in [0.4, 0.5) is 0 Å². The van der Waals surface area contributed by atoms with Gasteiger partial charge in [-0.2, -0.15) is 0 Å². The van der Waals surface area contributed by atoms with Gasteiger partial charge < -0.3 is 9.97 Å². The molecule has 2 aromatic heterocycles.